The van der Waals surface area contributed by atoms with Gasteiger partial charge in [0, 0.05) is 17.8 Å². The number of carbonyl (C=O) groups excluding carboxylic acids is 1. The summed E-state index contributed by atoms with van der Waals surface area (Å²) in [6.07, 6.45) is 4.83. The van der Waals surface area contributed by atoms with Gasteiger partial charge >= 0.3 is 6.09 Å². The van der Waals surface area contributed by atoms with Gasteiger partial charge in [0.25, 0.3) is 0 Å². The molecule has 2 unspecified atom stereocenters. The summed E-state index contributed by atoms with van der Waals surface area (Å²) in [5.74, 6) is 0.627. The van der Waals surface area contributed by atoms with E-state index in [0.717, 1.165) is 36.1 Å². The van der Waals surface area contributed by atoms with Crippen molar-refractivity contribution in [2.45, 2.75) is 44.9 Å². The van der Waals surface area contributed by atoms with Gasteiger partial charge in [-0.15, -0.1) is 0 Å². The molecule has 2 aliphatic heterocycles. The maximum atomic E-state index is 12.7. The number of aryl methyl sites for hydroxylation is 1. The van der Waals surface area contributed by atoms with Crippen molar-refractivity contribution in [1.29, 1.82) is 0 Å². The fourth-order valence-electron chi connectivity index (χ4n) is 4.10. The largest absolute Gasteiger partial charge is 0.481 e. The summed E-state index contributed by atoms with van der Waals surface area (Å²) in [6.45, 7) is 2.31. The maximum Gasteiger partial charge on any atom is 0.410 e. The number of methoxy groups -OCH3 is 1. The van der Waals surface area contributed by atoms with E-state index in [9.17, 15) is 4.79 Å². The average Bonchev–Trinajstić information content (AvgIpc) is 2.96. The van der Waals surface area contributed by atoms with Crippen molar-refractivity contribution in [3.8, 4) is 5.88 Å². The van der Waals surface area contributed by atoms with Gasteiger partial charge in [-0.3, -0.25) is 4.90 Å². The van der Waals surface area contributed by atoms with Crippen LogP contribution in [0.3, 0.4) is 0 Å². The summed E-state index contributed by atoms with van der Waals surface area (Å²) < 4.78 is 10.8. The molecular weight excluding hydrogens is 340 g/mol. The number of hydrogen-bond donors (Lipinski definition) is 0. The molecule has 0 N–H and O–H groups in total. The SMILES string of the molecule is COc1ccc(C2=CC3CCC(C2)N3C(=O)OCc2ccccc2)c(C)n1. The van der Waals surface area contributed by atoms with Crippen LogP contribution in [0.15, 0.2) is 48.5 Å². The molecule has 2 aliphatic rings. The number of benzene rings is 1. The van der Waals surface area contributed by atoms with E-state index in [1.807, 2.05) is 48.2 Å². The second-order valence-corrected chi connectivity index (χ2v) is 7.13. The van der Waals surface area contributed by atoms with E-state index >= 15 is 0 Å². The van der Waals surface area contributed by atoms with E-state index in [0.29, 0.717) is 12.5 Å². The number of fused-ring (bicyclic) bond motifs is 2. The summed E-state index contributed by atoms with van der Waals surface area (Å²) in [6, 6.07) is 14.1. The molecular formula is C22H24N2O3. The molecule has 0 spiro atoms. The minimum Gasteiger partial charge on any atom is -0.481 e. The Morgan fingerprint density at radius 1 is 1.19 bits per heavy atom. The molecule has 1 aromatic carbocycles. The van der Waals surface area contributed by atoms with Crippen molar-refractivity contribution in [3.63, 3.8) is 0 Å². The molecule has 1 fully saturated rings. The van der Waals surface area contributed by atoms with E-state index in [1.54, 1.807) is 7.11 Å². The van der Waals surface area contributed by atoms with Crippen molar-refractivity contribution in [3.05, 3.63) is 65.4 Å². The van der Waals surface area contributed by atoms with E-state index in [2.05, 4.69) is 17.1 Å². The number of carbonyl (C=O) groups is 1. The van der Waals surface area contributed by atoms with Crippen LogP contribution in [-0.4, -0.2) is 35.2 Å². The standard InChI is InChI=1S/C22H24N2O3/c1-15-20(10-11-21(23-15)26-2)17-12-18-8-9-19(13-17)24(18)22(25)27-14-16-6-4-3-5-7-16/h3-7,10-12,18-19H,8-9,13-14H2,1-2H3. The summed E-state index contributed by atoms with van der Waals surface area (Å²) in [5.41, 5.74) is 4.37. The van der Waals surface area contributed by atoms with Crippen LogP contribution in [0.5, 0.6) is 5.88 Å². The van der Waals surface area contributed by atoms with Gasteiger partial charge < -0.3 is 9.47 Å². The summed E-state index contributed by atoms with van der Waals surface area (Å²) >= 11 is 0. The van der Waals surface area contributed by atoms with Gasteiger partial charge in [-0.25, -0.2) is 9.78 Å². The molecule has 1 amide bonds. The minimum atomic E-state index is -0.216. The molecule has 140 valence electrons. The first-order valence-electron chi connectivity index (χ1n) is 9.37. The molecule has 5 nitrogen and oxygen atoms in total. The van der Waals surface area contributed by atoms with Crippen LogP contribution in [0.25, 0.3) is 5.57 Å². The lowest BCUT2D eigenvalue weighted by Crippen LogP contribution is -2.43. The molecule has 1 saturated heterocycles. The minimum absolute atomic E-state index is 0.100. The van der Waals surface area contributed by atoms with Crippen LogP contribution in [0.2, 0.25) is 0 Å². The van der Waals surface area contributed by atoms with Gasteiger partial charge in [0.05, 0.1) is 13.2 Å². The fourth-order valence-corrected chi connectivity index (χ4v) is 4.10. The first-order chi connectivity index (χ1) is 13.2. The number of hydrogen-bond acceptors (Lipinski definition) is 4. The van der Waals surface area contributed by atoms with Gasteiger partial charge in [0.1, 0.15) is 6.61 Å². The smallest absolute Gasteiger partial charge is 0.410 e. The molecule has 1 aromatic heterocycles. The third-order valence-electron chi connectivity index (χ3n) is 5.43. The number of pyridine rings is 1. The van der Waals surface area contributed by atoms with Gasteiger partial charge in [0.15, 0.2) is 0 Å². The Kier molecular flexibility index (Phi) is 4.84. The van der Waals surface area contributed by atoms with Crippen molar-refractivity contribution in [2.24, 2.45) is 0 Å². The molecule has 2 bridgehead atoms. The molecule has 2 aromatic rings. The predicted molar refractivity (Wildman–Crippen MR) is 103 cm³/mol. The second-order valence-electron chi connectivity index (χ2n) is 7.13. The quantitative estimate of drug-likeness (QED) is 0.809. The number of ether oxygens (including phenoxy) is 2. The van der Waals surface area contributed by atoms with Crippen molar-refractivity contribution in [2.75, 3.05) is 7.11 Å². The van der Waals surface area contributed by atoms with Crippen LogP contribution < -0.4 is 4.74 Å². The average molecular weight is 364 g/mol. The first-order valence-corrected chi connectivity index (χ1v) is 9.37. The molecule has 3 heterocycles. The molecule has 27 heavy (non-hydrogen) atoms. The van der Waals surface area contributed by atoms with Crippen molar-refractivity contribution in [1.82, 2.24) is 9.88 Å². The van der Waals surface area contributed by atoms with Gasteiger partial charge in [-0.05, 0) is 49.0 Å². The monoisotopic (exact) mass is 364 g/mol. The van der Waals surface area contributed by atoms with Gasteiger partial charge in [0.2, 0.25) is 5.88 Å². The molecule has 0 saturated carbocycles. The number of amides is 1. The third kappa shape index (κ3) is 3.54. The molecule has 0 radical (unpaired) electrons. The van der Waals surface area contributed by atoms with Gasteiger partial charge in [-0.1, -0.05) is 36.4 Å². The van der Waals surface area contributed by atoms with Crippen molar-refractivity contribution >= 4 is 11.7 Å². The van der Waals surface area contributed by atoms with E-state index < -0.39 is 0 Å². The molecule has 5 heteroatoms. The normalized spacial score (nSPS) is 21.0. The van der Waals surface area contributed by atoms with Crippen LogP contribution in [0.1, 0.15) is 36.1 Å². The van der Waals surface area contributed by atoms with Crippen LogP contribution in [0, 0.1) is 6.92 Å². The summed E-state index contributed by atoms with van der Waals surface area (Å²) in [5, 5.41) is 0. The van der Waals surface area contributed by atoms with E-state index in [4.69, 9.17) is 9.47 Å². The highest BCUT2D eigenvalue weighted by Crippen LogP contribution is 2.39. The Morgan fingerprint density at radius 2 is 2.00 bits per heavy atom. The van der Waals surface area contributed by atoms with Crippen molar-refractivity contribution < 1.29 is 14.3 Å². The number of rotatable bonds is 4. The highest BCUT2D eigenvalue weighted by Gasteiger charge is 2.40. The zero-order valence-electron chi connectivity index (χ0n) is 15.7. The molecule has 2 atom stereocenters. The number of nitrogens with zero attached hydrogens (tertiary/aromatic N) is 2. The maximum absolute atomic E-state index is 12.7. The Balaban J connectivity index is 1.48. The second kappa shape index (κ2) is 7.43. The Labute approximate surface area is 159 Å². The molecule has 4 rings (SSSR count). The fraction of sp³-hybridized carbons (Fsp3) is 0.364. The topological polar surface area (TPSA) is 51.7 Å². The lowest BCUT2D eigenvalue weighted by molar-refractivity contribution is 0.0832. The predicted octanol–water partition coefficient (Wildman–Crippen LogP) is 4.36. The number of aromatic nitrogens is 1. The van der Waals surface area contributed by atoms with Gasteiger partial charge in [-0.2, -0.15) is 0 Å². The Bertz CT molecular complexity index is 863. The summed E-state index contributed by atoms with van der Waals surface area (Å²) in [4.78, 5) is 19.1. The van der Waals surface area contributed by atoms with Crippen LogP contribution in [-0.2, 0) is 11.3 Å². The highest BCUT2D eigenvalue weighted by atomic mass is 16.6. The van der Waals surface area contributed by atoms with E-state index in [-0.39, 0.29) is 18.2 Å². The van der Waals surface area contributed by atoms with E-state index in [1.165, 1.54) is 5.57 Å². The third-order valence-corrected chi connectivity index (χ3v) is 5.43. The zero-order valence-corrected chi connectivity index (χ0v) is 15.7. The Hall–Kier alpha value is -2.82. The highest BCUT2D eigenvalue weighted by molar-refractivity contribution is 5.75. The van der Waals surface area contributed by atoms with Crippen LogP contribution in [0.4, 0.5) is 4.79 Å². The van der Waals surface area contributed by atoms with Crippen LogP contribution >= 0.6 is 0 Å². The first kappa shape index (κ1) is 17.6. The lowest BCUT2D eigenvalue weighted by Gasteiger charge is -2.33. The molecule has 0 aliphatic carbocycles. The lowest BCUT2D eigenvalue weighted by atomic mass is 9.94. The zero-order chi connectivity index (χ0) is 18.8. The Morgan fingerprint density at radius 3 is 2.70 bits per heavy atom. The summed E-state index contributed by atoms with van der Waals surface area (Å²) in [7, 11) is 1.63.